The summed E-state index contributed by atoms with van der Waals surface area (Å²) in [6.45, 7) is 5.03. The van der Waals surface area contributed by atoms with Crippen LogP contribution in [0.2, 0.25) is 0 Å². The number of nitrogens with one attached hydrogen (secondary N) is 1. The predicted octanol–water partition coefficient (Wildman–Crippen LogP) is 4.26. The van der Waals surface area contributed by atoms with Gasteiger partial charge in [-0.15, -0.1) is 0 Å². The first-order valence-corrected chi connectivity index (χ1v) is 7.89. The van der Waals surface area contributed by atoms with Crippen LogP contribution in [0.4, 0.5) is 4.39 Å². The number of aliphatic hydroxyl groups excluding tert-OH is 1. The molecule has 0 aliphatic rings. The molecule has 118 valence electrons. The number of hydrogen-bond acceptors (Lipinski definition) is 2. The Morgan fingerprint density at radius 3 is 2.50 bits per heavy atom. The minimum atomic E-state index is -0.235. The molecule has 0 bridgehead atoms. The number of halogens is 1. The van der Waals surface area contributed by atoms with Crippen molar-refractivity contribution >= 4 is 0 Å². The molecule has 0 aliphatic carbocycles. The Morgan fingerprint density at radius 1 is 1.05 bits per heavy atom. The van der Waals surface area contributed by atoms with Gasteiger partial charge >= 0.3 is 0 Å². The summed E-state index contributed by atoms with van der Waals surface area (Å²) in [5.41, 5.74) is 3.24. The summed E-state index contributed by atoms with van der Waals surface area (Å²) in [5.74, 6) is -0.235. The molecule has 0 heterocycles. The van der Waals surface area contributed by atoms with Crippen molar-refractivity contribution in [3.05, 3.63) is 59.4 Å². The largest absolute Gasteiger partial charge is 0.392 e. The van der Waals surface area contributed by atoms with Crippen LogP contribution in [0.5, 0.6) is 0 Å². The Morgan fingerprint density at radius 2 is 1.82 bits per heavy atom. The maximum atomic E-state index is 14.1. The first kappa shape index (κ1) is 16.7. The molecule has 2 rings (SSSR count). The summed E-state index contributed by atoms with van der Waals surface area (Å²) in [5, 5.41) is 12.7. The topological polar surface area (TPSA) is 32.3 Å². The van der Waals surface area contributed by atoms with E-state index in [-0.39, 0.29) is 12.4 Å². The zero-order valence-corrected chi connectivity index (χ0v) is 13.3. The van der Waals surface area contributed by atoms with Gasteiger partial charge in [-0.1, -0.05) is 38.1 Å². The standard InChI is InChI=1S/C19H24FNO/c1-3-17(4-2)21-12-14-8-9-19(20)18(11-14)16-7-5-6-15(10-16)13-22/h5-11,17,21-22H,3-4,12-13H2,1-2H3. The third-order valence-corrected chi connectivity index (χ3v) is 4.03. The molecule has 0 saturated heterocycles. The normalized spacial score (nSPS) is 11.1. The van der Waals surface area contributed by atoms with Gasteiger partial charge in [-0.2, -0.15) is 0 Å². The van der Waals surface area contributed by atoms with Crippen LogP contribution < -0.4 is 5.32 Å². The van der Waals surface area contributed by atoms with Crippen LogP contribution in [0.15, 0.2) is 42.5 Å². The lowest BCUT2D eigenvalue weighted by atomic mass is 10.0. The Labute approximate surface area is 132 Å². The van der Waals surface area contributed by atoms with Gasteiger partial charge in [-0.25, -0.2) is 4.39 Å². The van der Waals surface area contributed by atoms with Gasteiger partial charge in [0.05, 0.1) is 6.61 Å². The van der Waals surface area contributed by atoms with Gasteiger partial charge in [0.25, 0.3) is 0 Å². The first-order chi connectivity index (χ1) is 10.7. The molecule has 22 heavy (non-hydrogen) atoms. The summed E-state index contributed by atoms with van der Waals surface area (Å²) in [6.07, 6.45) is 2.17. The fraction of sp³-hybridized carbons (Fsp3) is 0.368. The minimum Gasteiger partial charge on any atom is -0.392 e. The SMILES string of the molecule is CCC(CC)NCc1ccc(F)c(-c2cccc(CO)c2)c1. The lowest BCUT2D eigenvalue weighted by Crippen LogP contribution is -2.26. The number of benzene rings is 2. The second-order valence-electron chi connectivity index (χ2n) is 5.57. The van der Waals surface area contributed by atoms with Gasteiger partial charge in [0.2, 0.25) is 0 Å². The van der Waals surface area contributed by atoms with Crippen molar-refractivity contribution in [2.75, 3.05) is 0 Å². The molecule has 2 nitrogen and oxygen atoms in total. The zero-order chi connectivity index (χ0) is 15.9. The van der Waals surface area contributed by atoms with Crippen molar-refractivity contribution < 1.29 is 9.50 Å². The molecule has 0 fully saturated rings. The Bertz CT molecular complexity index is 608. The van der Waals surface area contributed by atoms with Gasteiger partial charge in [0.15, 0.2) is 0 Å². The molecule has 0 atom stereocenters. The number of hydrogen-bond donors (Lipinski definition) is 2. The van der Waals surface area contributed by atoms with Crippen LogP contribution >= 0.6 is 0 Å². The molecule has 0 unspecified atom stereocenters. The average molecular weight is 301 g/mol. The van der Waals surface area contributed by atoms with Crippen LogP contribution in [0, 0.1) is 5.82 Å². The van der Waals surface area contributed by atoms with Crippen molar-refractivity contribution in [1.82, 2.24) is 5.32 Å². The van der Waals surface area contributed by atoms with Gasteiger partial charge in [0.1, 0.15) is 5.82 Å². The highest BCUT2D eigenvalue weighted by Gasteiger charge is 2.08. The van der Waals surface area contributed by atoms with E-state index >= 15 is 0 Å². The van der Waals surface area contributed by atoms with Crippen molar-refractivity contribution in [2.24, 2.45) is 0 Å². The summed E-state index contributed by atoms with van der Waals surface area (Å²) >= 11 is 0. The van der Waals surface area contributed by atoms with E-state index in [1.54, 1.807) is 0 Å². The third kappa shape index (κ3) is 4.15. The minimum absolute atomic E-state index is 0.0363. The smallest absolute Gasteiger partial charge is 0.131 e. The van der Waals surface area contributed by atoms with Gasteiger partial charge in [0, 0.05) is 18.2 Å². The zero-order valence-electron chi connectivity index (χ0n) is 13.3. The molecule has 0 spiro atoms. The lowest BCUT2D eigenvalue weighted by Gasteiger charge is -2.15. The van der Waals surface area contributed by atoms with Crippen LogP contribution in [0.25, 0.3) is 11.1 Å². The van der Waals surface area contributed by atoms with E-state index in [0.717, 1.165) is 36.1 Å². The molecular formula is C19H24FNO. The molecule has 0 radical (unpaired) electrons. The summed E-state index contributed by atoms with van der Waals surface area (Å²) in [7, 11) is 0. The molecule has 0 aromatic heterocycles. The van der Waals surface area contributed by atoms with Crippen molar-refractivity contribution in [2.45, 2.75) is 45.9 Å². The fourth-order valence-electron chi connectivity index (χ4n) is 2.58. The molecule has 0 saturated carbocycles. The van der Waals surface area contributed by atoms with Crippen molar-refractivity contribution in [3.8, 4) is 11.1 Å². The van der Waals surface area contributed by atoms with Crippen LogP contribution in [-0.4, -0.2) is 11.1 Å². The van der Waals surface area contributed by atoms with E-state index in [0.29, 0.717) is 11.6 Å². The summed E-state index contributed by atoms with van der Waals surface area (Å²) in [4.78, 5) is 0. The van der Waals surface area contributed by atoms with Crippen molar-refractivity contribution in [3.63, 3.8) is 0 Å². The van der Waals surface area contributed by atoms with Crippen LogP contribution in [-0.2, 0) is 13.2 Å². The number of aliphatic hydroxyl groups is 1. The lowest BCUT2D eigenvalue weighted by molar-refractivity contribution is 0.282. The second kappa shape index (κ2) is 8.06. The monoisotopic (exact) mass is 301 g/mol. The van der Waals surface area contributed by atoms with Crippen molar-refractivity contribution in [1.29, 1.82) is 0 Å². The van der Waals surface area contributed by atoms with E-state index in [9.17, 15) is 9.50 Å². The Kier molecular flexibility index (Phi) is 6.10. The molecule has 0 aliphatic heterocycles. The maximum Gasteiger partial charge on any atom is 0.131 e. The molecule has 2 aromatic carbocycles. The van der Waals surface area contributed by atoms with E-state index < -0.39 is 0 Å². The van der Waals surface area contributed by atoms with E-state index in [4.69, 9.17) is 0 Å². The van der Waals surface area contributed by atoms with E-state index in [1.165, 1.54) is 6.07 Å². The van der Waals surface area contributed by atoms with Crippen LogP contribution in [0.3, 0.4) is 0 Å². The molecular weight excluding hydrogens is 277 g/mol. The molecule has 3 heteroatoms. The van der Waals surface area contributed by atoms with E-state index in [2.05, 4.69) is 19.2 Å². The molecule has 0 amide bonds. The molecule has 2 aromatic rings. The van der Waals surface area contributed by atoms with Gasteiger partial charge in [-0.3, -0.25) is 0 Å². The maximum absolute atomic E-state index is 14.1. The van der Waals surface area contributed by atoms with Gasteiger partial charge in [-0.05, 0) is 47.7 Å². The average Bonchev–Trinajstić information content (AvgIpc) is 2.57. The van der Waals surface area contributed by atoms with Crippen LogP contribution in [0.1, 0.15) is 37.8 Å². The highest BCUT2D eigenvalue weighted by molar-refractivity contribution is 5.65. The summed E-state index contributed by atoms with van der Waals surface area (Å²) < 4.78 is 14.1. The van der Waals surface area contributed by atoms with E-state index in [1.807, 2.05) is 36.4 Å². The van der Waals surface area contributed by atoms with Gasteiger partial charge < -0.3 is 10.4 Å². The Hall–Kier alpha value is -1.71. The highest BCUT2D eigenvalue weighted by atomic mass is 19.1. The molecule has 2 N–H and O–H groups in total. The number of rotatable bonds is 7. The first-order valence-electron chi connectivity index (χ1n) is 7.89. The summed E-state index contributed by atoms with van der Waals surface area (Å²) in [6, 6.07) is 13.1. The Balaban J connectivity index is 2.22. The highest BCUT2D eigenvalue weighted by Crippen LogP contribution is 2.25. The quantitative estimate of drug-likeness (QED) is 0.800. The fourth-order valence-corrected chi connectivity index (χ4v) is 2.58. The predicted molar refractivity (Wildman–Crippen MR) is 89.0 cm³/mol. The second-order valence-corrected chi connectivity index (χ2v) is 5.57. The third-order valence-electron chi connectivity index (χ3n) is 4.03.